The maximum absolute atomic E-state index is 8.90. The van der Waals surface area contributed by atoms with Gasteiger partial charge in [-0.05, 0) is 54.3 Å². The molecule has 0 amide bonds. The minimum Gasteiger partial charge on any atom is -0.493 e. The molecule has 0 saturated heterocycles. The summed E-state index contributed by atoms with van der Waals surface area (Å²) >= 11 is 0. The zero-order valence-electron chi connectivity index (χ0n) is 11.1. The van der Waals surface area contributed by atoms with Gasteiger partial charge in [-0.25, -0.2) is 0 Å². The van der Waals surface area contributed by atoms with Crippen molar-refractivity contribution >= 4 is 5.71 Å². The van der Waals surface area contributed by atoms with Crippen molar-refractivity contribution in [1.29, 1.82) is 0 Å². The first kappa shape index (κ1) is 12.7. The van der Waals surface area contributed by atoms with E-state index in [-0.39, 0.29) is 0 Å². The lowest BCUT2D eigenvalue weighted by Gasteiger charge is -2.08. The Labute approximate surface area is 117 Å². The third kappa shape index (κ3) is 2.64. The third-order valence-corrected chi connectivity index (χ3v) is 3.55. The Bertz CT molecular complexity index is 624. The van der Waals surface area contributed by atoms with E-state index in [2.05, 4.69) is 10.1 Å². The third-order valence-electron chi connectivity index (χ3n) is 3.55. The topological polar surface area (TPSA) is 54.7 Å². The van der Waals surface area contributed by atoms with E-state index >= 15 is 0 Å². The largest absolute Gasteiger partial charge is 0.493 e. The van der Waals surface area contributed by atoms with Crippen molar-refractivity contribution in [2.45, 2.75) is 19.3 Å². The molecule has 4 nitrogen and oxygen atoms in total. The smallest absolute Gasteiger partial charge is 0.119 e. The van der Waals surface area contributed by atoms with Crippen molar-refractivity contribution in [3.8, 4) is 5.75 Å². The van der Waals surface area contributed by atoms with E-state index in [4.69, 9.17) is 9.94 Å². The summed E-state index contributed by atoms with van der Waals surface area (Å²) < 4.78 is 5.78. The quantitative estimate of drug-likeness (QED) is 0.685. The Morgan fingerprint density at radius 3 is 2.80 bits per heavy atom. The molecule has 1 aromatic carbocycles. The van der Waals surface area contributed by atoms with E-state index < -0.39 is 0 Å². The van der Waals surface area contributed by atoms with Gasteiger partial charge in [0, 0.05) is 24.4 Å². The highest BCUT2D eigenvalue weighted by Gasteiger charge is 2.18. The van der Waals surface area contributed by atoms with Gasteiger partial charge in [-0.2, -0.15) is 0 Å². The summed E-state index contributed by atoms with van der Waals surface area (Å²) in [7, 11) is 0. The molecular weight excluding hydrogens is 252 g/mol. The molecule has 0 unspecified atom stereocenters. The van der Waals surface area contributed by atoms with Crippen LogP contribution in [0.25, 0.3) is 0 Å². The van der Waals surface area contributed by atoms with Gasteiger partial charge in [-0.15, -0.1) is 0 Å². The first-order valence-electron chi connectivity index (χ1n) is 6.73. The lowest BCUT2D eigenvalue weighted by Crippen LogP contribution is -2.02. The van der Waals surface area contributed by atoms with Crippen molar-refractivity contribution in [2.75, 3.05) is 6.61 Å². The monoisotopic (exact) mass is 268 g/mol. The van der Waals surface area contributed by atoms with Crippen LogP contribution in [0.15, 0.2) is 47.9 Å². The number of ether oxygens (including phenoxy) is 1. The van der Waals surface area contributed by atoms with Crippen molar-refractivity contribution in [3.05, 3.63) is 59.4 Å². The SMILES string of the molecule is O/N=C1/CCc2cc(OCCc3ccncc3)ccc21. The van der Waals surface area contributed by atoms with Crippen LogP contribution in [0.1, 0.15) is 23.1 Å². The second-order valence-electron chi connectivity index (χ2n) is 4.82. The molecule has 20 heavy (non-hydrogen) atoms. The highest BCUT2D eigenvalue weighted by molar-refractivity contribution is 6.04. The highest BCUT2D eigenvalue weighted by Crippen LogP contribution is 2.26. The molecular formula is C16H16N2O2. The van der Waals surface area contributed by atoms with Crippen molar-refractivity contribution < 1.29 is 9.94 Å². The van der Waals surface area contributed by atoms with Gasteiger partial charge in [0.1, 0.15) is 5.75 Å². The zero-order chi connectivity index (χ0) is 13.8. The number of hydrogen-bond acceptors (Lipinski definition) is 4. The molecule has 1 aliphatic carbocycles. The van der Waals surface area contributed by atoms with Crippen LogP contribution in [0.4, 0.5) is 0 Å². The van der Waals surface area contributed by atoms with Crippen molar-refractivity contribution in [1.82, 2.24) is 4.98 Å². The fourth-order valence-electron chi connectivity index (χ4n) is 2.48. The van der Waals surface area contributed by atoms with Crippen LogP contribution in [0.3, 0.4) is 0 Å². The van der Waals surface area contributed by atoms with Crippen LogP contribution in [-0.4, -0.2) is 22.5 Å². The Morgan fingerprint density at radius 2 is 2.00 bits per heavy atom. The molecule has 0 bridgehead atoms. The summed E-state index contributed by atoms with van der Waals surface area (Å²) in [6.07, 6.45) is 6.16. The molecule has 3 rings (SSSR count). The van der Waals surface area contributed by atoms with Gasteiger partial charge in [0.25, 0.3) is 0 Å². The molecule has 1 aromatic heterocycles. The summed E-state index contributed by atoms with van der Waals surface area (Å²) in [5, 5.41) is 12.2. The Hall–Kier alpha value is -2.36. The molecule has 1 N–H and O–H groups in total. The minimum atomic E-state index is 0.643. The zero-order valence-corrected chi connectivity index (χ0v) is 11.1. The molecule has 0 spiro atoms. The highest BCUT2D eigenvalue weighted by atomic mass is 16.5. The summed E-state index contributed by atoms with van der Waals surface area (Å²) in [4.78, 5) is 3.99. The number of fused-ring (bicyclic) bond motifs is 1. The lowest BCUT2D eigenvalue weighted by molar-refractivity contribution is 0.318. The normalized spacial score (nSPS) is 15.3. The number of benzene rings is 1. The number of aryl methyl sites for hydroxylation is 1. The van der Waals surface area contributed by atoms with E-state index in [1.807, 2.05) is 30.3 Å². The number of rotatable bonds is 4. The van der Waals surface area contributed by atoms with Crippen LogP contribution in [-0.2, 0) is 12.8 Å². The summed E-state index contributed by atoms with van der Waals surface area (Å²) in [5.41, 5.74) is 4.22. The van der Waals surface area contributed by atoms with Crippen LogP contribution < -0.4 is 4.74 Å². The van der Waals surface area contributed by atoms with Crippen LogP contribution >= 0.6 is 0 Å². The van der Waals surface area contributed by atoms with E-state index in [9.17, 15) is 0 Å². The van der Waals surface area contributed by atoms with Gasteiger partial charge in [0.2, 0.25) is 0 Å². The number of hydrogen-bond donors (Lipinski definition) is 1. The molecule has 4 heteroatoms. The number of aromatic nitrogens is 1. The number of oxime groups is 1. The average Bonchev–Trinajstić information content (AvgIpc) is 2.90. The maximum atomic E-state index is 8.90. The van der Waals surface area contributed by atoms with Gasteiger partial charge in [-0.1, -0.05) is 5.16 Å². The molecule has 0 aliphatic heterocycles. The number of pyridine rings is 1. The lowest BCUT2D eigenvalue weighted by atomic mass is 10.1. The standard InChI is InChI=1S/C16H16N2O2/c19-18-16-4-1-13-11-14(2-3-15(13)16)20-10-7-12-5-8-17-9-6-12/h2-3,5-6,8-9,11,19H,1,4,7,10H2/b18-16-. The molecule has 102 valence electrons. The first-order chi connectivity index (χ1) is 9.86. The molecule has 0 saturated carbocycles. The maximum Gasteiger partial charge on any atom is 0.119 e. The van der Waals surface area contributed by atoms with Gasteiger partial charge >= 0.3 is 0 Å². The predicted molar refractivity (Wildman–Crippen MR) is 76.5 cm³/mol. The number of nitrogens with zero attached hydrogens (tertiary/aromatic N) is 2. The van der Waals surface area contributed by atoms with Gasteiger partial charge in [-0.3, -0.25) is 4.98 Å². The minimum absolute atomic E-state index is 0.643. The first-order valence-corrected chi connectivity index (χ1v) is 6.73. The van der Waals surface area contributed by atoms with E-state index in [0.717, 1.165) is 36.3 Å². The Morgan fingerprint density at radius 1 is 1.15 bits per heavy atom. The van der Waals surface area contributed by atoms with E-state index in [0.29, 0.717) is 6.61 Å². The molecule has 1 aliphatic rings. The summed E-state index contributed by atoms with van der Waals surface area (Å²) in [6.45, 7) is 0.643. The second kappa shape index (κ2) is 5.74. The predicted octanol–water partition coefficient (Wildman–Crippen LogP) is 2.83. The van der Waals surface area contributed by atoms with Gasteiger partial charge in [0.05, 0.1) is 12.3 Å². The van der Waals surface area contributed by atoms with Crippen molar-refractivity contribution in [2.24, 2.45) is 5.16 Å². The average molecular weight is 268 g/mol. The fraction of sp³-hybridized carbons (Fsp3) is 0.250. The van der Waals surface area contributed by atoms with E-state index in [1.165, 1.54) is 11.1 Å². The summed E-state index contributed by atoms with van der Waals surface area (Å²) in [6, 6.07) is 9.94. The second-order valence-corrected chi connectivity index (χ2v) is 4.82. The summed E-state index contributed by atoms with van der Waals surface area (Å²) in [5.74, 6) is 0.872. The van der Waals surface area contributed by atoms with E-state index in [1.54, 1.807) is 12.4 Å². The Kier molecular flexibility index (Phi) is 3.63. The van der Waals surface area contributed by atoms with Crippen LogP contribution in [0.2, 0.25) is 0 Å². The molecule has 1 heterocycles. The van der Waals surface area contributed by atoms with Crippen LogP contribution in [0, 0.1) is 0 Å². The van der Waals surface area contributed by atoms with Gasteiger partial charge < -0.3 is 9.94 Å². The van der Waals surface area contributed by atoms with Gasteiger partial charge in [0.15, 0.2) is 0 Å². The molecule has 0 fully saturated rings. The molecule has 2 aromatic rings. The molecule has 0 atom stereocenters. The molecule has 0 radical (unpaired) electrons. The van der Waals surface area contributed by atoms with Crippen molar-refractivity contribution in [3.63, 3.8) is 0 Å². The Balaban J connectivity index is 1.62. The van der Waals surface area contributed by atoms with Crippen LogP contribution in [0.5, 0.6) is 5.75 Å². The fourth-order valence-corrected chi connectivity index (χ4v) is 2.48.